The number of carbonyl (C=O) groups excluding carboxylic acids is 1. The average molecular weight is 230 g/mol. The second-order valence-corrected chi connectivity index (χ2v) is 4.41. The molecule has 1 aliphatic heterocycles. The van der Waals surface area contributed by atoms with Crippen LogP contribution < -0.4 is 0 Å². The number of aliphatic hydroxyl groups excluding tert-OH is 2. The van der Waals surface area contributed by atoms with Crippen LogP contribution in [0.2, 0.25) is 0 Å². The Bertz CT molecular complexity index is 205. The molecule has 0 saturated carbocycles. The molecule has 0 aromatic rings. The van der Waals surface area contributed by atoms with E-state index in [1.54, 1.807) is 0 Å². The van der Waals surface area contributed by atoms with Crippen molar-refractivity contribution in [2.45, 2.75) is 63.6 Å². The lowest BCUT2D eigenvalue weighted by atomic mass is 10.0. The standard InChI is InChI=1S/C12H22O4/c13-9-5-1-2-6-10(14)11-7-3-4-8-12(15)16-11/h10-11,13-14H,1-9H2. The molecular weight excluding hydrogens is 208 g/mol. The van der Waals surface area contributed by atoms with E-state index in [1.165, 1.54) is 0 Å². The summed E-state index contributed by atoms with van der Waals surface area (Å²) in [4.78, 5) is 11.2. The Morgan fingerprint density at radius 2 is 2.12 bits per heavy atom. The van der Waals surface area contributed by atoms with Crippen molar-refractivity contribution in [3.63, 3.8) is 0 Å². The van der Waals surface area contributed by atoms with E-state index >= 15 is 0 Å². The predicted octanol–water partition coefficient (Wildman–Crippen LogP) is 1.39. The van der Waals surface area contributed by atoms with Crippen LogP contribution in [0, 0.1) is 0 Å². The molecule has 4 nitrogen and oxygen atoms in total. The minimum Gasteiger partial charge on any atom is -0.460 e. The van der Waals surface area contributed by atoms with Gasteiger partial charge in [-0.1, -0.05) is 12.8 Å². The highest BCUT2D eigenvalue weighted by atomic mass is 16.6. The van der Waals surface area contributed by atoms with Gasteiger partial charge in [-0.25, -0.2) is 0 Å². The van der Waals surface area contributed by atoms with Crippen LogP contribution in [0.15, 0.2) is 0 Å². The van der Waals surface area contributed by atoms with E-state index in [0.717, 1.165) is 38.5 Å². The van der Waals surface area contributed by atoms with E-state index in [0.29, 0.717) is 12.8 Å². The van der Waals surface area contributed by atoms with E-state index < -0.39 is 6.10 Å². The van der Waals surface area contributed by atoms with Crippen molar-refractivity contribution in [1.82, 2.24) is 0 Å². The number of esters is 1. The maximum Gasteiger partial charge on any atom is 0.306 e. The zero-order chi connectivity index (χ0) is 11.8. The molecule has 2 atom stereocenters. The minimum absolute atomic E-state index is 0.183. The van der Waals surface area contributed by atoms with Gasteiger partial charge in [0.2, 0.25) is 0 Å². The average Bonchev–Trinajstić information content (AvgIpc) is 2.49. The maximum atomic E-state index is 11.2. The molecule has 94 valence electrons. The maximum absolute atomic E-state index is 11.2. The molecule has 0 amide bonds. The van der Waals surface area contributed by atoms with Gasteiger partial charge in [0.05, 0.1) is 6.10 Å². The van der Waals surface area contributed by atoms with Crippen molar-refractivity contribution in [1.29, 1.82) is 0 Å². The zero-order valence-corrected chi connectivity index (χ0v) is 9.73. The van der Waals surface area contributed by atoms with Crippen LogP contribution in [0.1, 0.15) is 51.4 Å². The second-order valence-electron chi connectivity index (χ2n) is 4.41. The molecule has 1 saturated heterocycles. The summed E-state index contributed by atoms with van der Waals surface area (Å²) in [5, 5.41) is 18.5. The normalized spacial score (nSPS) is 23.6. The van der Waals surface area contributed by atoms with Gasteiger partial charge in [-0.3, -0.25) is 4.79 Å². The lowest BCUT2D eigenvalue weighted by Gasteiger charge is -2.21. The third-order valence-electron chi connectivity index (χ3n) is 2.99. The van der Waals surface area contributed by atoms with Crippen molar-refractivity contribution in [3.05, 3.63) is 0 Å². The first kappa shape index (κ1) is 13.5. The first-order chi connectivity index (χ1) is 7.74. The molecule has 1 heterocycles. The molecule has 1 fully saturated rings. The van der Waals surface area contributed by atoms with Crippen LogP contribution in [-0.4, -0.2) is 35.0 Å². The summed E-state index contributed by atoms with van der Waals surface area (Å²) in [5.74, 6) is -0.183. The predicted molar refractivity (Wildman–Crippen MR) is 59.9 cm³/mol. The van der Waals surface area contributed by atoms with Crippen molar-refractivity contribution in [3.8, 4) is 0 Å². The molecule has 1 rings (SSSR count). The summed E-state index contributed by atoms with van der Waals surface area (Å²) < 4.78 is 5.19. The highest BCUT2D eigenvalue weighted by molar-refractivity contribution is 5.69. The van der Waals surface area contributed by atoms with Crippen LogP contribution in [0.4, 0.5) is 0 Å². The van der Waals surface area contributed by atoms with Gasteiger partial charge >= 0.3 is 5.97 Å². The third kappa shape index (κ3) is 4.94. The fraction of sp³-hybridized carbons (Fsp3) is 0.917. The van der Waals surface area contributed by atoms with E-state index in [2.05, 4.69) is 0 Å². The number of cyclic esters (lactones) is 1. The number of hydrogen-bond donors (Lipinski definition) is 2. The molecule has 16 heavy (non-hydrogen) atoms. The molecule has 0 aliphatic carbocycles. The Balaban J connectivity index is 2.22. The molecule has 0 aromatic carbocycles. The molecule has 0 bridgehead atoms. The van der Waals surface area contributed by atoms with Gasteiger partial charge < -0.3 is 14.9 Å². The van der Waals surface area contributed by atoms with E-state index in [-0.39, 0.29) is 18.7 Å². The highest BCUT2D eigenvalue weighted by Gasteiger charge is 2.24. The fourth-order valence-electron chi connectivity index (χ4n) is 2.00. The van der Waals surface area contributed by atoms with E-state index in [9.17, 15) is 9.90 Å². The summed E-state index contributed by atoms with van der Waals surface area (Å²) in [5.41, 5.74) is 0. The van der Waals surface area contributed by atoms with Crippen LogP contribution in [0.25, 0.3) is 0 Å². The topological polar surface area (TPSA) is 66.8 Å². The van der Waals surface area contributed by atoms with Crippen molar-refractivity contribution < 1.29 is 19.7 Å². The first-order valence-corrected chi connectivity index (χ1v) is 6.22. The van der Waals surface area contributed by atoms with Crippen LogP contribution in [0.3, 0.4) is 0 Å². The summed E-state index contributed by atoms with van der Waals surface area (Å²) in [7, 11) is 0. The molecule has 4 heteroatoms. The Hall–Kier alpha value is -0.610. The Labute approximate surface area is 96.6 Å². The van der Waals surface area contributed by atoms with E-state index in [4.69, 9.17) is 9.84 Å². The molecule has 0 radical (unpaired) electrons. The quantitative estimate of drug-likeness (QED) is 0.534. The molecule has 2 N–H and O–H groups in total. The van der Waals surface area contributed by atoms with Gasteiger partial charge in [-0.15, -0.1) is 0 Å². The van der Waals surface area contributed by atoms with Crippen LogP contribution in [-0.2, 0) is 9.53 Å². The van der Waals surface area contributed by atoms with Crippen LogP contribution in [0.5, 0.6) is 0 Å². The summed E-state index contributed by atoms with van der Waals surface area (Å²) in [6.45, 7) is 0.203. The number of aliphatic hydroxyl groups is 2. The molecule has 1 aliphatic rings. The van der Waals surface area contributed by atoms with E-state index in [1.807, 2.05) is 0 Å². The first-order valence-electron chi connectivity index (χ1n) is 6.22. The van der Waals surface area contributed by atoms with Crippen molar-refractivity contribution in [2.24, 2.45) is 0 Å². The lowest BCUT2D eigenvalue weighted by Crippen LogP contribution is -2.30. The number of rotatable bonds is 6. The van der Waals surface area contributed by atoms with Gasteiger partial charge in [0.25, 0.3) is 0 Å². The smallest absolute Gasteiger partial charge is 0.306 e. The zero-order valence-electron chi connectivity index (χ0n) is 9.73. The van der Waals surface area contributed by atoms with Gasteiger partial charge in [-0.2, -0.15) is 0 Å². The van der Waals surface area contributed by atoms with Gasteiger partial charge in [0, 0.05) is 13.0 Å². The Morgan fingerprint density at radius 3 is 2.88 bits per heavy atom. The molecule has 0 aromatic heterocycles. The lowest BCUT2D eigenvalue weighted by molar-refractivity contribution is -0.153. The summed E-state index contributed by atoms with van der Waals surface area (Å²) >= 11 is 0. The van der Waals surface area contributed by atoms with Gasteiger partial charge in [0.1, 0.15) is 6.10 Å². The summed E-state index contributed by atoms with van der Waals surface area (Å²) in [6.07, 6.45) is 5.42. The highest BCUT2D eigenvalue weighted by Crippen LogP contribution is 2.19. The van der Waals surface area contributed by atoms with Gasteiger partial charge in [0.15, 0.2) is 0 Å². The number of unbranched alkanes of at least 4 members (excludes halogenated alkanes) is 2. The van der Waals surface area contributed by atoms with Crippen molar-refractivity contribution in [2.75, 3.05) is 6.61 Å². The third-order valence-corrected chi connectivity index (χ3v) is 2.99. The minimum atomic E-state index is -0.541. The number of hydrogen-bond acceptors (Lipinski definition) is 4. The number of ether oxygens (including phenoxy) is 1. The molecule has 0 spiro atoms. The Kier molecular flexibility index (Phi) is 6.42. The Morgan fingerprint density at radius 1 is 1.31 bits per heavy atom. The molecular formula is C12H22O4. The van der Waals surface area contributed by atoms with Gasteiger partial charge in [-0.05, 0) is 32.1 Å². The van der Waals surface area contributed by atoms with Crippen LogP contribution >= 0.6 is 0 Å². The SMILES string of the molecule is O=C1CCCCC(C(O)CCCCCO)O1. The summed E-state index contributed by atoms with van der Waals surface area (Å²) in [6, 6.07) is 0. The number of carbonyl (C=O) groups is 1. The monoisotopic (exact) mass is 230 g/mol. The second kappa shape index (κ2) is 7.63. The van der Waals surface area contributed by atoms with Crippen molar-refractivity contribution >= 4 is 5.97 Å². The molecule has 2 unspecified atom stereocenters. The fourth-order valence-corrected chi connectivity index (χ4v) is 2.00. The largest absolute Gasteiger partial charge is 0.460 e.